The van der Waals surface area contributed by atoms with E-state index in [1.807, 2.05) is 0 Å². The minimum absolute atomic E-state index is 0.153. The number of hydrogen-bond donors (Lipinski definition) is 4. The van der Waals surface area contributed by atoms with Gasteiger partial charge in [-0.2, -0.15) is 0 Å². The first-order valence-corrected chi connectivity index (χ1v) is 13.6. The first-order chi connectivity index (χ1) is 18.8. The van der Waals surface area contributed by atoms with Gasteiger partial charge in [0.2, 0.25) is 17.7 Å². The van der Waals surface area contributed by atoms with Crippen LogP contribution in [-0.2, 0) is 15.0 Å². The van der Waals surface area contributed by atoms with Gasteiger partial charge in [-0.15, -0.1) is 0 Å². The normalized spacial score (nSPS) is 23.6. The third kappa shape index (κ3) is 4.96. The van der Waals surface area contributed by atoms with Crippen LogP contribution in [0.25, 0.3) is 0 Å². The van der Waals surface area contributed by atoms with Crippen molar-refractivity contribution in [3.63, 3.8) is 0 Å². The van der Waals surface area contributed by atoms with Crippen LogP contribution in [0.4, 0.5) is 15.8 Å². The number of primary amides is 1. The first-order valence-electron chi connectivity index (χ1n) is 12.8. The highest BCUT2D eigenvalue weighted by molar-refractivity contribution is 6.31. The summed E-state index contributed by atoms with van der Waals surface area (Å²) < 4.78 is 14.8. The number of carbonyl (C=O) groups is 3. The number of fused-ring (bicyclic) bond motifs is 2. The number of nitrogens with two attached hydrogens (primary N) is 1. The largest absolute Gasteiger partial charge is 0.366 e. The van der Waals surface area contributed by atoms with Crippen molar-refractivity contribution < 1.29 is 18.8 Å². The standard InChI is InChI=1S/C30H29Cl2FN4O3/c1-29(2,3)14-23-30(21-9-6-17(31)13-22(21)36-28(30)40)24(16-10-18(32)12-19(33)11-16)25(37-23)27(39)35-20-7-4-15(5-8-20)26(34)38/h4-13,23-25,37H,14H2,1-3H3,(H2,34,38)(H,35,39)(H,36,40)/t23-,24-,25+,30+/m0/s1. The Morgan fingerprint density at radius 2 is 1.73 bits per heavy atom. The second-order valence-electron chi connectivity index (χ2n) is 11.6. The van der Waals surface area contributed by atoms with Crippen molar-refractivity contribution in [3.05, 3.63) is 93.2 Å². The molecule has 3 aromatic rings. The Hall–Kier alpha value is -3.46. The summed E-state index contributed by atoms with van der Waals surface area (Å²) in [5.41, 5.74) is 6.20. The highest BCUT2D eigenvalue weighted by atomic mass is 35.5. The van der Waals surface area contributed by atoms with E-state index in [0.717, 1.165) is 0 Å². The molecule has 0 saturated carbocycles. The maximum atomic E-state index is 14.8. The highest BCUT2D eigenvalue weighted by Gasteiger charge is 2.65. The Balaban J connectivity index is 1.68. The van der Waals surface area contributed by atoms with Crippen LogP contribution < -0.4 is 21.7 Å². The Bertz CT molecular complexity index is 1500. The van der Waals surface area contributed by atoms with E-state index in [4.69, 9.17) is 28.9 Å². The number of benzene rings is 3. The van der Waals surface area contributed by atoms with Gasteiger partial charge in [-0.25, -0.2) is 4.39 Å². The zero-order chi connectivity index (χ0) is 29.0. The second kappa shape index (κ2) is 10.2. The van der Waals surface area contributed by atoms with Crippen LogP contribution in [0.5, 0.6) is 0 Å². The van der Waals surface area contributed by atoms with E-state index in [1.165, 1.54) is 24.3 Å². The van der Waals surface area contributed by atoms with Gasteiger partial charge >= 0.3 is 0 Å². The van der Waals surface area contributed by atoms with Crippen LogP contribution in [0.15, 0.2) is 60.7 Å². The van der Waals surface area contributed by atoms with Gasteiger partial charge in [0.05, 0.1) is 6.04 Å². The van der Waals surface area contributed by atoms with Crippen LogP contribution in [0.3, 0.4) is 0 Å². The smallest absolute Gasteiger partial charge is 0.248 e. The zero-order valence-electron chi connectivity index (χ0n) is 22.1. The van der Waals surface area contributed by atoms with Gasteiger partial charge in [0.25, 0.3) is 0 Å². The maximum absolute atomic E-state index is 14.8. The summed E-state index contributed by atoms with van der Waals surface area (Å²) >= 11 is 12.6. The molecule has 7 nitrogen and oxygen atoms in total. The fourth-order valence-electron chi connectivity index (χ4n) is 6.11. The summed E-state index contributed by atoms with van der Waals surface area (Å²) in [4.78, 5) is 39.6. The summed E-state index contributed by atoms with van der Waals surface area (Å²) in [6, 6.07) is 14.0. The van der Waals surface area contributed by atoms with E-state index in [1.54, 1.807) is 36.4 Å². The van der Waals surface area contributed by atoms with E-state index in [-0.39, 0.29) is 16.3 Å². The molecule has 5 N–H and O–H groups in total. The van der Waals surface area contributed by atoms with Crippen molar-refractivity contribution in [3.8, 4) is 0 Å². The third-order valence-electron chi connectivity index (χ3n) is 7.59. The zero-order valence-corrected chi connectivity index (χ0v) is 23.7. The summed E-state index contributed by atoms with van der Waals surface area (Å²) in [7, 11) is 0. The van der Waals surface area contributed by atoms with E-state index in [9.17, 15) is 18.8 Å². The van der Waals surface area contributed by atoms with E-state index < -0.39 is 41.0 Å². The third-order valence-corrected chi connectivity index (χ3v) is 8.04. The van der Waals surface area contributed by atoms with Gasteiger partial charge < -0.3 is 21.7 Å². The number of rotatable bonds is 5. The Morgan fingerprint density at radius 1 is 1.02 bits per heavy atom. The number of hydrogen-bond acceptors (Lipinski definition) is 4. The summed E-state index contributed by atoms with van der Waals surface area (Å²) in [6.45, 7) is 6.17. The molecule has 0 bridgehead atoms. The Morgan fingerprint density at radius 3 is 2.35 bits per heavy atom. The molecule has 10 heteroatoms. The molecule has 1 fully saturated rings. The number of nitrogens with one attached hydrogen (secondary N) is 3. The lowest BCUT2D eigenvalue weighted by Gasteiger charge is -2.37. The van der Waals surface area contributed by atoms with Crippen LogP contribution in [0.1, 0.15) is 54.6 Å². The molecular formula is C30H29Cl2FN4O3. The molecule has 208 valence electrons. The van der Waals surface area contributed by atoms with Crippen molar-refractivity contribution in [2.24, 2.45) is 11.1 Å². The number of halogens is 3. The van der Waals surface area contributed by atoms with Crippen molar-refractivity contribution in [2.75, 3.05) is 10.6 Å². The molecule has 2 heterocycles. The van der Waals surface area contributed by atoms with Gasteiger partial charge in [-0.1, -0.05) is 50.0 Å². The summed E-state index contributed by atoms with van der Waals surface area (Å²) in [5.74, 6) is -2.73. The van der Waals surface area contributed by atoms with Gasteiger partial charge in [-0.05, 0) is 77.6 Å². The lowest BCUT2D eigenvalue weighted by Crippen LogP contribution is -2.49. The molecule has 1 spiro atoms. The molecule has 3 aromatic carbocycles. The molecule has 0 unspecified atom stereocenters. The lowest BCUT2D eigenvalue weighted by atomic mass is 9.62. The van der Waals surface area contributed by atoms with Crippen molar-refractivity contribution in [1.82, 2.24) is 5.32 Å². The highest BCUT2D eigenvalue weighted by Crippen LogP contribution is 2.57. The Labute approximate surface area is 241 Å². The molecule has 40 heavy (non-hydrogen) atoms. The van der Waals surface area contributed by atoms with Gasteiger partial charge in [0.15, 0.2) is 0 Å². The molecule has 0 aromatic heterocycles. The van der Waals surface area contributed by atoms with Gasteiger partial charge in [-0.3, -0.25) is 14.4 Å². The molecule has 1 saturated heterocycles. The molecule has 5 rings (SSSR count). The topological polar surface area (TPSA) is 113 Å². The SMILES string of the molecule is CC(C)(C)C[C@@H]1N[C@@H](C(=O)Nc2ccc(C(N)=O)cc2)[C@H](c2cc(F)cc(Cl)c2)[C@]12C(=O)Nc1cc(Cl)ccc12. The fourth-order valence-corrected chi connectivity index (χ4v) is 6.52. The Kier molecular flexibility index (Phi) is 7.15. The predicted octanol–water partition coefficient (Wildman–Crippen LogP) is 5.62. The average Bonchev–Trinajstić information content (AvgIpc) is 3.32. The molecule has 2 aliphatic rings. The predicted molar refractivity (Wildman–Crippen MR) is 154 cm³/mol. The van der Waals surface area contributed by atoms with Crippen LogP contribution in [0.2, 0.25) is 10.0 Å². The minimum atomic E-state index is -1.28. The molecule has 4 atom stereocenters. The average molecular weight is 583 g/mol. The number of anilines is 2. The first kappa shape index (κ1) is 28.1. The van der Waals surface area contributed by atoms with E-state index >= 15 is 0 Å². The molecule has 0 aliphatic carbocycles. The fraction of sp³-hybridized carbons (Fsp3) is 0.300. The lowest BCUT2D eigenvalue weighted by molar-refractivity contribution is -0.122. The van der Waals surface area contributed by atoms with Gasteiger partial charge in [0, 0.05) is 38.9 Å². The second-order valence-corrected chi connectivity index (χ2v) is 12.5. The van der Waals surface area contributed by atoms with Crippen molar-refractivity contribution in [1.29, 1.82) is 0 Å². The summed E-state index contributed by atoms with van der Waals surface area (Å²) in [5, 5.41) is 9.92. The number of carbonyl (C=O) groups excluding carboxylic acids is 3. The maximum Gasteiger partial charge on any atom is 0.248 e. The molecule has 2 aliphatic heterocycles. The van der Waals surface area contributed by atoms with Crippen molar-refractivity contribution in [2.45, 2.75) is 50.6 Å². The van der Waals surface area contributed by atoms with Crippen molar-refractivity contribution >= 4 is 52.3 Å². The molecule has 3 amide bonds. The van der Waals surface area contributed by atoms with Crippen LogP contribution in [0, 0.1) is 11.2 Å². The minimum Gasteiger partial charge on any atom is -0.366 e. The van der Waals surface area contributed by atoms with Gasteiger partial charge in [0.1, 0.15) is 11.2 Å². The molecular weight excluding hydrogens is 554 g/mol. The van der Waals surface area contributed by atoms with E-state index in [2.05, 4.69) is 36.7 Å². The van der Waals surface area contributed by atoms with Crippen LogP contribution >= 0.6 is 23.2 Å². The summed E-state index contributed by atoms with van der Waals surface area (Å²) in [6.07, 6.45) is 0.527. The van der Waals surface area contributed by atoms with E-state index in [0.29, 0.717) is 39.5 Å². The number of amides is 3. The molecule has 0 radical (unpaired) electrons. The van der Waals surface area contributed by atoms with Crippen LogP contribution in [-0.4, -0.2) is 29.8 Å². The quantitative estimate of drug-likeness (QED) is 0.312. The monoisotopic (exact) mass is 582 g/mol.